The zero-order valence-electron chi connectivity index (χ0n) is 20.0. The summed E-state index contributed by atoms with van der Waals surface area (Å²) in [6.45, 7) is 13.0. The Morgan fingerprint density at radius 3 is 1.47 bits per heavy atom. The molecule has 184 valence electrons. The fourth-order valence-corrected chi connectivity index (χ4v) is 3.97. The summed E-state index contributed by atoms with van der Waals surface area (Å²) in [5.41, 5.74) is 0. The average molecular weight is 455 g/mol. The van der Waals surface area contributed by atoms with E-state index in [0.717, 1.165) is 104 Å². The molecule has 0 saturated carbocycles. The van der Waals surface area contributed by atoms with Gasteiger partial charge in [-0.2, -0.15) is 0 Å². The maximum absolute atomic E-state index is 12.1. The number of ether oxygens (including phenoxy) is 4. The molecule has 32 heavy (non-hydrogen) atoms. The molecule has 0 aromatic carbocycles. The van der Waals surface area contributed by atoms with Crippen molar-refractivity contribution in [2.75, 3.05) is 65.7 Å². The zero-order chi connectivity index (χ0) is 23.0. The molecule has 2 aliphatic rings. The van der Waals surface area contributed by atoms with Crippen LogP contribution >= 0.6 is 0 Å². The average Bonchev–Trinajstić information content (AvgIpc) is 2.82. The lowest BCUT2D eigenvalue weighted by Crippen LogP contribution is -2.37. The van der Waals surface area contributed by atoms with Gasteiger partial charge >= 0.3 is 11.9 Å². The maximum Gasteiger partial charge on any atom is 0.331 e. The van der Waals surface area contributed by atoms with Crippen LogP contribution in [0.15, 0.2) is 12.2 Å². The molecule has 8 heteroatoms. The Kier molecular flexibility index (Phi) is 13.5. The number of morpholine rings is 2. The van der Waals surface area contributed by atoms with Crippen molar-refractivity contribution in [2.24, 2.45) is 0 Å². The van der Waals surface area contributed by atoms with Gasteiger partial charge in [-0.05, 0) is 51.6 Å². The van der Waals surface area contributed by atoms with Crippen LogP contribution in [-0.4, -0.2) is 99.6 Å². The Hall–Kier alpha value is -1.48. The second-order valence-corrected chi connectivity index (χ2v) is 8.46. The van der Waals surface area contributed by atoms with E-state index in [9.17, 15) is 9.59 Å². The summed E-state index contributed by atoms with van der Waals surface area (Å²) in [6.07, 6.45) is 7.21. The van der Waals surface area contributed by atoms with Crippen molar-refractivity contribution >= 4 is 11.9 Å². The van der Waals surface area contributed by atoms with Gasteiger partial charge in [0.25, 0.3) is 0 Å². The Labute approximate surface area is 193 Å². The van der Waals surface area contributed by atoms with Crippen molar-refractivity contribution in [3.05, 3.63) is 12.2 Å². The first-order chi connectivity index (χ1) is 15.6. The van der Waals surface area contributed by atoms with E-state index in [1.807, 2.05) is 13.8 Å². The first-order valence-electron chi connectivity index (χ1n) is 12.3. The van der Waals surface area contributed by atoms with Gasteiger partial charge in [0.2, 0.25) is 0 Å². The first-order valence-corrected chi connectivity index (χ1v) is 12.3. The van der Waals surface area contributed by atoms with Gasteiger partial charge < -0.3 is 18.9 Å². The van der Waals surface area contributed by atoms with E-state index in [-0.39, 0.29) is 12.2 Å². The van der Waals surface area contributed by atoms with Gasteiger partial charge in [-0.25, -0.2) is 9.59 Å². The van der Waals surface area contributed by atoms with Crippen LogP contribution in [0.5, 0.6) is 0 Å². The molecule has 0 bridgehead atoms. The minimum absolute atomic E-state index is 0.132. The summed E-state index contributed by atoms with van der Waals surface area (Å²) in [7, 11) is 0. The molecule has 0 N–H and O–H groups in total. The monoisotopic (exact) mass is 454 g/mol. The summed E-state index contributed by atoms with van der Waals surface area (Å²) in [4.78, 5) is 29.0. The van der Waals surface area contributed by atoms with Gasteiger partial charge in [0.1, 0.15) is 12.2 Å². The Morgan fingerprint density at radius 2 is 1.12 bits per heavy atom. The highest BCUT2D eigenvalue weighted by atomic mass is 16.5. The molecule has 2 fully saturated rings. The molecule has 0 radical (unpaired) electrons. The second kappa shape index (κ2) is 16.2. The van der Waals surface area contributed by atoms with Crippen molar-refractivity contribution < 1.29 is 28.5 Å². The zero-order valence-corrected chi connectivity index (χ0v) is 20.0. The molecule has 2 unspecified atom stereocenters. The molecule has 2 aliphatic heterocycles. The molecule has 2 rings (SSSR count). The summed E-state index contributed by atoms with van der Waals surface area (Å²) in [5.74, 6) is -0.971. The molecular weight excluding hydrogens is 412 g/mol. The summed E-state index contributed by atoms with van der Waals surface area (Å²) < 4.78 is 21.7. The maximum atomic E-state index is 12.1. The Balaban J connectivity index is 1.61. The topological polar surface area (TPSA) is 77.5 Å². The van der Waals surface area contributed by atoms with Gasteiger partial charge in [-0.3, -0.25) is 9.80 Å². The van der Waals surface area contributed by atoms with Gasteiger partial charge in [0, 0.05) is 38.3 Å². The molecular formula is C24H42N2O6. The standard InChI is InChI=1S/C24H42N2O6/c1-3-21(7-5-11-25-13-17-29-18-14-25)31-23(27)9-10-24(28)32-22(4-2)8-6-12-26-15-19-30-20-16-26/h9-10,21-22H,3-8,11-20H2,1-2H3/b10-9+. The molecule has 2 saturated heterocycles. The lowest BCUT2D eigenvalue weighted by molar-refractivity contribution is -0.146. The van der Waals surface area contributed by atoms with Gasteiger partial charge in [0.05, 0.1) is 26.4 Å². The van der Waals surface area contributed by atoms with Crippen LogP contribution in [0.4, 0.5) is 0 Å². The van der Waals surface area contributed by atoms with Gasteiger partial charge in [-0.15, -0.1) is 0 Å². The van der Waals surface area contributed by atoms with E-state index in [1.54, 1.807) is 0 Å². The predicted molar refractivity (Wildman–Crippen MR) is 122 cm³/mol. The second-order valence-electron chi connectivity index (χ2n) is 8.46. The quantitative estimate of drug-likeness (QED) is 0.293. The van der Waals surface area contributed by atoms with E-state index in [2.05, 4.69) is 9.80 Å². The van der Waals surface area contributed by atoms with E-state index >= 15 is 0 Å². The highest BCUT2D eigenvalue weighted by Gasteiger charge is 2.16. The van der Waals surface area contributed by atoms with Crippen LogP contribution in [-0.2, 0) is 28.5 Å². The lowest BCUT2D eigenvalue weighted by atomic mass is 10.1. The Bertz CT molecular complexity index is 511. The molecule has 0 aliphatic carbocycles. The lowest BCUT2D eigenvalue weighted by Gasteiger charge is -2.27. The van der Waals surface area contributed by atoms with Crippen molar-refractivity contribution in [1.82, 2.24) is 9.80 Å². The molecule has 8 nitrogen and oxygen atoms in total. The van der Waals surface area contributed by atoms with Crippen LogP contribution in [0.25, 0.3) is 0 Å². The van der Waals surface area contributed by atoms with Crippen LogP contribution in [0, 0.1) is 0 Å². The van der Waals surface area contributed by atoms with Gasteiger partial charge in [-0.1, -0.05) is 13.8 Å². The van der Waals surface area contributed by atoms with Crippen LogP contribution in [0.3, 0.4) is 0 Å². The van der Waals surface area contributed by atoms with Crippen molar-refractivity contribution in [1.29, 1.82) is 0 Å². The molecule has 2 heterocycles. The highest BCUT2D eigenvalue weighted by molar-refractivity contribution is 5.91. The number of carbonyl (C=O) groups is 2. The summed E-state index contributed by atoms with van der Waals surface area (Å²) in [5, 5.41) is 0. The molecule has 0 aromatic rings. The third-order valence-corrected chi connectivity index (χ3v) is 6.04. The fraction of sp³-hybridized carbons (Fsp3) is 0.833. The normalized spacial score (nSPS) is 20.2. The van der Waals surface area contributed by atoms with Crippen molar-refractivity contribution in [2.45, 2.75) is 64.6 Å². The largest absolute Gasteiger partial charge is 0.459 e. The third-order valence-electron chi connectivity index (χ3n) is 6.04. The highest BCUT2D eigenvalue weighted by Crippen LogP contribution is 2.11. The Morgan fingerprint density at radius 1 is 0.750 bits per heavy atom. The summed E-state index contributed by atoms with van der Waals surface area (Å²) >= 11 is 0. The van der Waals surface area contributed by atoms with E-state index < -0.39 is 11.9 Å². The smallest absolute Gasteiger partial charge is 0.331 e. The number of nitrogens with zero attached hydrogens (tertiary/aromatic N) is 2. The van der Waals surface area contributed by atoms with Crippen LogP contribution in [0.1, 0.15) is 52.4 Å². The van der Waals surface area contributed by atoms with E-state index in [4.69, 9.17) is 18.9 Å². The minimum Gasteiger partial charge on any atom is -0.459 e. The molecule has 0 aromatic heterocycles. The SMILES string of the molecule is CCC(CCCN1CCOCC1)OC(=O)/C=C/C(=O)OC(CC)CCCN1CCOCC1. The predicted octanol–water partition coefficient (Wildman–Crippen LogP) is 2.41. The number of esters is 2. The molecule has 0 spiro atoms. The number of rotatable bonds is 14. The third kappa shape index (κ3) is 11.4. The van der Waals surface area contributed by atoms with E-state index in [1.165, 1.54) is 12.2 Å². The molecule has 2 atom stereocenters. The van der Waals surface area contributed by atoms with Crippen molar-refractivity contribution in [3.63, 3.8) is 0 Å². The van der Waals surface area contributed by atoms with Crippen LogP contribution < -0.4 is 0 Å². The minimum atomic E-state index is -0.486. The number of hydrogen-bond acceptors (Lipinski definition) is 8. The number of hydrogen-bond donors (Lipinski definition) is 0. The van der Waals surface area contributed by atoms with E-state index in [0.29, 0.717) is 0 Å². The van der Waals surface area contributed by atoms with Gasteiger partial charge in [0.15, 0.2) is 0 Å². The number of carbonyl (C=O) groups excluding carboxylic acids is 2. The molecule has 0 amide bonds. The van der Waals surface area contributed by atoms with Crippen molar-refractivity contribution in [3.8, 4) is 0 Å². The summed E-state index contributed by atoms with van der Waals surface area (Å²) in [6, 6.07) is 0. The fourth-order valence-electron chi connectivity index (χ4n) is 3.97. The van der Waals surface area contributed by atoms with Crippen LogP contribution in [0.2, 0.25) is 0 Å². The first kappa shape index (κ1) is 26.8.